The van der Waals surface area contributed by atoms with Crippen LogP contribution in [0.3, 0.4) is 0 Å². The number of carboxylic acids is 1. The van der Waals surface area contributed by atoms with E-state index >= 15 is 0 Å². The molecule has 0 bridgehead atoms. The Hall–Kier alpha value is -3.66. The zero-order valence-corrected chi connectivity index (χ0v) is 31.0. The molecule has 6 atom stereocenters. The predicted molar refractivity (Wildman–Crippen MR) is 195 cm³/mol. The van der Waals surface area contributed by atoms with Crippen molar-refractivity contribution in [2.45, 2.75) is 130 Å². The predicted octanol–water partition coefficient (Wildman–Crippen LogP) is 7.67. The highest BCUT2D eigenvalue weighted by atomic mass is 16.5. The van der Waals surface area contributed by atoms with Crippen LogP contribution >= 0.6 is 0 Å². The van der Waals surface area contributed by atoms with Crippen molar-refractivity contribution >= 4 is 17.8 Å². The van der Waals surface area contributed by atoms with E-state index in [0.29, 0.717) is 66.7 Å². The van der Waals surface area contributed by atoms with Crippen molar-refractivity contribution in [3.05, 3.63) is 69.9 Å². The standard InChI is InChI=1S/C41H56O9/c1-10-28-26(6)49-31(17-15-25(5)39(45)46)33(28)24(4)12-11-13-27-22-48-38-30(16-14-23(2)3)37-29(36(44)34(38)35(27)43)18-20-41(9,50-37)21-19-32(42)40(7,8)47/h13-15,18,20,26,28,31-33,42,44,47H,4,10-12,16-17,19,21-22H2,1-3,5-9H3,(H,45,46)/b25-15-,27-13+/t26?,28?,31-,32?,33+,41-/m0/s1. The number of aromatic hydroxyl groups is 1. The van der Waals surface area contributed by atoms with Gasteiger partial charge in [0.25, 0.3) is 0 Å². The van der Waals surface area contributed by atoms with Gasteiger partial charge in [0.2, 0.25) is 0 Å². The van der Waals surface area contributed by atoms with E-state index in [1.165, 1.54) is 0 Å². The number of phenolic OH excluding ortho intramolecular Hbond substituents is 1. The molecule has 0 saturated carbocycles. The highest BCUT2D eigenvalue weighted by molar-refractivity contribution is 6.14. The number of ketones is 1. The summed E-state index contributed by atoms with van der Waals surface area (Å²) in [6.07, 6.45) is 11.8. The lowest BCUT2D eigenvalue weighted by Crippen LogP contribution is -2.39. The first-order valence-electron chi connectivity index (χ1n) is 17.8. The summed E-state index contributed by atoms with van der Waals surface area (Å²) in [7, 11) is 0. The van der Waals surface area contributed by atoms with Gasteiger partial charge in [0.05, 0.1) is 29.5 Å². The van der Waals surface area contributed by atoms with Crippen molar-refractivity contribution in [3.8, 4) is 17.2 Å². The quantitative estimate of drug-likeness (QED) is 0.114. The molecule has 0 aromatic heterocycles. The number of benzene rings is 1. The van der Waals surface area contributed by atoms with E-state index in [1.54, 1.807) is 32.9 Å². The molecular weight excluding hydrogens is 636 g/mol. The topological polar surface area (TPSA) is 143 Å². The Labute approximate surface area is 297 Å². The summed E-state index contributed by atoms with van der Waals surface area (Å²) in [6.45, 7) is 19.2. The molecule has 3 aliphatic heterocycles. The van der Waals surface area contributed by atoms with Crippen LogP contribution in [0.15, 0.2) is 53.2 Å². The first-order chi connectivity index (χ1) is 23.4. The van der Waals surface area contributed by atoms with E-state index in [1.807, 2.05) is 39.0 Å². The number of carbonyl (C=O) groups excluding carboxylic acids is 1. The van der Waals surface area contributed by atoms with E-state index in [4.69, 9.17) is 14.2 Å². The van der Waals surface area contributed by atoms with Crippen molar-refractivity contribution in [1.82, 2.24) is 0 Å². The lowest BCUT2D eigenvalue weighted by molar-refractivity contribution is -0.132. The molecule has 0 spiro atoms. The average Bonchev–Trinajstić information content (AvgIpc) is 3.37. The molecule has 0 amide bonds. The molecule has 1 fully saturated rings. The first kappa shape index (κ1) is 39.1. The molecule has 274 valence electrons. The minimum atomic E-state index is -1.25. The van der Waals surface area contributed by atoms with Gasteiger partial charge in [-0.1, -0.05) is 49.3 Å². The number of hydrogen-bond donors (Lipinski definition) is 4. The Kier molecular flexibility index (Phi) is 12.3. The summed E-state index contributed by atoms with van der Waals surface area (Å²) in [5.74, 6) is -0.342. The molecular formula is C41H56O9. The van der Waals surface area contributed by atoms with Crippen molar-refractivity contribution in [2.24, 2.45) is 11.8 Å². The summed E-state index contributed by atoms with van der Waals surface area (Å²) >= 11 is 0. The van der Waals surface area contributed by atoms with Crippen LogP contribution in [0.2, 0.25) is 0 Å². The zero-order valence-electron chi connectivity index (χ0n) is 31.0. The van der Waals surface area contributed by atoms with Crippen LogP contribution in [0.1, 0.15) is 115 Å². The van der Waals surface area contributed by atoms with E-state index in [9.17, 15) is 30.0 Å². The number of aliphatic hydroxyl groups is 2. The molecule has 1 aromatic rings. The SMILES string of the molecule is C=C(CC/C=C1\COc2c(CC=C(C)C)c3c(c(O)c2C1=O)C=C[C@@](C)(CCC(O)C(C)(C)O)O3)[C@@H]1C(CC)C(C)O[C@H]1C/C=C(/C)C(=O)O. The van der Waals surface area contributed by atoms with Gasteiger partial charge in [-0.15, -0.1) is 0 Å². The van der Waals surface area contributed by atoms with Gasteiger partial charge in [0.15, 0.2) is 5.78 Å². The number of carbonyl (C=O) groups is 2. The van der Waals surface area contributed by atoms with Crippen LogP contribution in [-0.4, -0.2) is 68.3 Å². The zero-order chi connectivity index (χ0) is 37.1. The second-order valence-electron chi connectivity index (χ2n) is 15.2. The van der Waals surface area contributed by atoms with Gasteiger partial charge < -0.3 is 34.6 Å². The number of hydrogen-bond acceptors (Lipinski definition) is 8. The summed E-state index contributed by atoms with van der Waals surface area (Å²) in [4.78, 5) is 25.4. The number of rotatable bonds is 14. The summed E-state index contributed by atoms with van der Waals surface area (Å²) in [5.41, 5.74) is 1.96. The number of aliphatic hydroxyl groups excluding tert-OH is 1. The number of ether oxygens (including phenoxy) is 3. The van der Waals surface area contributed by atoms with Crippen LogP contribution < -0.4 is 9.47 Å². The van der Waals surface area contributed by atoms with E-state index in [0.717, 1.165) is 17.6 Å². The molecule has 4 N–H and O–H groups in total. The molecule has 1 aromatic carbocycles. The Bertz CT molecular complexity index is 1600. The Morgan fingerprint density at radius 2 is 1.90 bits per heavy atom. The van der Waals surface area contributed by atoms with Crippen molar-refractivity contribution < 1.29 is 44.2 Å². The molecule has 0 aliphatic carbocycles. The highest BCUT2D eigenvalue weighted by Gasteiger charge is 2.42. The first-order valence-corrected chi connectivity index (χ1v) is 17.8. The van der Waals surface area contributed by atoms with Crippen LogP contribution in [0, 0.1) is 11.8 Å². The number of allylic oxidation sites excluding steroid dienone is 3. The van der Waals surface area contributed by atoms with Crippen LogP contribution in [0.25, 0.3) is 6.08 Å². The Balaban J connectivity index is 1.58. The number of aliphatic carboxylic acids is 1. The van der Waals surface area contributed by atoms with Gasteiger partial charge >= 0.3 is 5.97 Å². The smallest absolute Gasteiger partial charge is 0.330 e. The summed E-state index contributed by atoms with van der Waals surface area (Å²) < 4.78 is 19.1. The summed E-state index contributed by atoms with van der Waals surface area (Å²) in [5, 5.41) is 41.5. The largest absolute Gasteiger partial charge is 0.506 e. The van der Waals surface area contributed by atoms with E-state index < -0.39 is 23.3 Å². The third-order valence-electron chi connectivity index (χ3n) is 10.4. The van der Waals surface area contributed by atoms with Crippen molar-refractivity contribution in [2.75, 3.05) is 6.61 Å². The lowest BCUT2D eigenvalue weighted by Gasteiger charge is -2.36. The maximum Gasteiger partial charge on any atom is 0.330 e. The molecule has 9 nitrogen and oxygen atoms in total. The van der Waals surface area contributed by atoms with Crippen LogP contribution in [-0.2, 0) is 16.0 Å². The molecule has 3 unspecified atom stereocenters. The normalized spacial score (nSPS) is 26.2. The van der Waals surface area contributed by atoms with Gasteiger partial charge in [0.1, 0.15) is 35.0 Å². The average molecular weight is 693 g/mol. The van der Waals surface area contributed by atoms with E-state index in [-0.39, 0.29) is 53.3 Å². The fourth-order valence-corrected chi connectivity index (χ4v) is 7.23. The monoisotopic (exact) mass is 692 g/mol. The number of phenols is 1. The third-order valence-corrected chi connectivity index (χ3v) is 10.4. The highest BCUT2D eigenvalue weighted by Crippen LogP contribution is 2.50. The minimum Gasteiger partial charge on any atom is -0.506 e. The number of carboxylic acid groups (broad SMARTS) is 1. The van der Waals surface area contributed by atoms with Gasteiger partial charge in [-0.25, -0.2) is 4.79 Å². The second kappa shape index (κ2) is 15.7. The third kappa shape index (κ3) is 8.61. The minimum absolute atomic E-state index is 0.0260. The number of Topliss-reactive ketones (excluding diaryl/α,β-unsaturated/α-hetero) is 1. The molecule has 3 heterocycles. The fourth-order valence-electron chi connectivity index (χ4n) is 7.23. The molecule has 3 aliphatic rings. The lowest BCUT2D eigenvalue weighted by atomic mass is 9.78. The van der Waals surface area contributed by atoms with Gasteiger partial charge in [-0.2, -0.15) is 0 Å². The van der Waals surface area contributed by atoms with Gasteiger partial charge in [0, 0.05) is 22.6 Å². The molecule has 50 heavy (non-hydrogen) atoms. The van der Waals surface area contributed by atoms with Crippen molar-refractivity contribution in [1.29, 1.82) is 0 Å². The molecule has 4 rings (SSSR count). The van der Waals surface area contributed by atoms with Gasteiger partial charge in [-0.05, 0) is 105 Å². The van der Waals surface area contributed by atoms with Crippen LogP contribution in [0.5, 0.6) is 17.2 Å². The number of fused-ring (bicyclic) bond motifs is 2. The molecule has 9 heteroatoms. The second-order valence-corrected chi connectivity index (χ2v) is 15.2. The van der Waals surface area contributed by atoms with Gasteiger partial charge in [-0.3, -0.25) is 4.79 Å². The van der Waals surface area contributed by atoms with Crippen molar-refractivity contribution in [3.63, 3.8) is 0 Å². The maximum absolute atomic E-state index is 14.0. The molecule has 0 radical (unpaired) electrons. The maximum atomic E-state index is 14.0. The van der Waals surface area contributed by atoms with Crippen LogP contribution in [0.4, 0.5) is 0 Å². The Morgan fingerprint density at radius 1 is 1.20 bits per heavy atom. The van der Waals surface area contributed by atoms with E-state index in [2.05, 4.69) is 20.4 Å². The fraction of sp³-hybridized carbons (Fsp3) is 0.561. The Morgan fingerprint density at radius 3 is 2.52 bits per heavy atom. The molecule has 1 saturated heterocycles. The summed E-state index contributed by atoms with van der Waals surface area (Å²) in [6, 6.07) is 0.